The third-order valence-electron chi connectivity index (χ3n) is 3.62. The summed E-state index contributed by atoms with van der Waals surface area (Å²) in [4.78, 5) is 1.32. The van der Waals surface area contributed by atoms with E-state index < -0.39 is 0 Å². The van der Waals surface area contributed by atoms with Crippen LogP contribution in [0.5, 0.6) is 0 Å². The number of benzene rings is 3. The summed E-state index contributed by atoms with van der Waals surface area (Å²) < 4.78 is 1.15. The Morgan fingerprint density at radius 1 is 0.750 bits per heavy atom. The zero-order valence-electron chi connectivity index (χ0n) is 10.6. The summed E-state index contributed by atoms with van der Waals surface area (Å²) >= 11 is 5.48. The second kappa shape index (κ2) is 4.72. The summed E-state index contributed by atoms with van der Waals surface area (Å²) in [5, 5.41) is 7.33. The minimum atomic E-state index is 1.15. The summed E-state index contributed by atoms with van der Waals surface area (Å²) in [6.45, 7) is 0. The van der Waals surface area contributed by atoms with Gasteiger partial charge in [0.05, 0.1) is 0 Å². The molecule has 1 heterocycles. The molecule has 0 nitrogen and oxygen atoms in total. The smallest absolute Gasteiger partial charge is 0.0355 e. The van der Waals surface area contributed by atoms with Crippen LogP contribution < -0.4 is 0 Å². The summed E-state index contributed by atoms with van der Waals surface area (Å²) in [6.07, 6.45) is 0. The molecule has 0 aliphatic heterocycles. The maximum atomic E-state index is 3.68. The van der Waals surface area contributed by atoms with E-state index in [-0.39, 0.29) is 0 Å². The van der Waals surface area contributed by atoms with E-state index in [0.29, 0.717) is 0 Å². The van der Waals surface area contributed by atoms with Crippen LogP contribution in [0.2, 0.25) is 0 Å². The Balaban J connectivity index is 2.28. The van der Waals surface area contributed by atoms with Crippen molar-refractivity contribution in [2.45, 2.75) is 0 Å². The van der Waals surface area contributed by atoms with Crippen molar-refractivity contribution in [1.82, 2.24) is 0 Å². The molecule has 0 saturated carbocycles. The molecule has 0 fully saturated rings. The number of thiophene rings is 1. The quantitative estimate of drug-likeness (QED) is 0.348. The van der Waals surface area contributed by atoms with Crippen molar-refractivity contribution < 1.29 is 0 Å². The monoisotopic (exact) mass is 338 g/mol. The number of rotatable bonds is 1. The second-order valence-corrected chi connectivity index (χ2v) is 6.59. The predicted octanol–water partition coefficient (Wildman–Crippen LogP) is 6.48. The SMILES string of the molecule is Brc1cccc2c(-c3cccs3)c3ccccc3cc12. The normalized spacial score (nSPS) is 11.2. The molecule has 4 aromatic rings. The highest BCUT2D eigenvalue weighted by Gasteiger charge is 2.11. The largest absolute Gasteiger partial charge is 0.144 e. The van der Waals surface area contributed by atoms with Crippen LogP contribution in [-0.2, 0) is 0 Å². The van der Waals surface area contributed by atoms with E-state index in [1.54, 1.807) is 11.3 Å². The van der Waals surface area contributed by atoms with Gasteiger partial charge in [-0.05, 0) is 45.1 Å². The average Bonchev–Trinajstić information content (AvgIpc) is 2.99. The molecule has 0 bridgehead atoms. The Hall–Kier alpha value is -1.64. The summed E-state index contributed by atoms with van der Waals surface area (Å²) in [5.41, 5.74) is 1.34. The van der Waals surface area contributed by atoms with E-state index >= 15 is 0 Å². The van der Waals surface area contributed by atoms with E-state index in [2.05, 4.69) is 82.0 Å². The molecular weight excluding hydrogens is 328 g/mol. The molecule has 0 unspecified atom stereocenters. The Morgan fingerprint density at radius 2 is 1.60 bits per heavy atom. The van der Waals surface area contributed by atoms with E-state index in [0.717, 1.165) is 4.47 Å². The van der Waals surface area contributed by atoms with Gasteiger partial charge in [0.25, 0.3) is 0 Å². The second-order valence-electron chi connectivity index (χ2n) is 4.78. The molecule has 96 valence electrons. The lowest BCUT2D eigenvalue weighted by molar-refractivity contribution is 1.72. The van der Waals surface area contributed by atoms with Crippen molar-refractivity contribution in [3.63, 3.8) is 0 Å². The van der Waals surface area contributed by atoms with Crippen LogP contribution in [0.4, 0.5) is 0 Å². The molecule has 0 aliphatic rings. The van der Waals surface area contributed by atoms with Crippen molar-refractivity contribution in [3.8, 4) is 10.4 Å². The van der Waals surface area contributed by atoms with Crippen molar-refractivity contribution in [3.05, 3.63) is 70.5 Å². The summed E-state index contributed by atoms with van der Waals surface area (Å²) in [7, 11) is 0. The molecule has 2 heteroatoms. The zero-order chi connectivity index (χ0) is 13.5. The predicted molar refractivity (Wildman–Crippen MR) is 92.5 cm³/mol. The van der Waals surface area contributed by atoms with E-state index in [1.165, 1.54) is 32.0 Å². The van der Waals surface area contributed by atoms with Crippen molar-refractivity contribution in [2.24, 2.45) is 0 Å². The number of halogens is 1. The molecule has 0 amide bonds. The van der Waals surface area contributed by atoms with Crippen LogP contribution >= 0.6 is 27.3 Å². The fourth-order valence-corrected chi connectivity index (χ4v) is 4.02. The first-order valence-corrected chi connectivity index (χ1v) is 8.16. The first-order valence-electron chi connectivity index (χ1n) is 6.48. The van der Waals surface area contributed by atoms with Gasteiger partial charge >= 0.3 is 0 Å². The van der Waals surface area contributed by atoms with Gasteiger partial charge in [-0.2, -0.15) is 0 Å². The van der Waals surface area contributed by atoms with Crippen molar-refractivity contribution in [2.75, 3.05) is 0 Å². The third kappa shape index (κ3) is 1.80. The molecule has 0 N–H and O–H groups in total. The van der Waals surface area contributed by atoms with Gasteiger partial charge in [0, 0.05) is 14.9 Å². The Kier molecular flexibility index (Phi) is 2.86. The van der Waals surface area contributed by atoms with E-state index in [4.69, 9.17) is 0 Å². The van der Waals surface area contributed by atoms with Gasteiger partial charge in [0.15, 0.2) is 0 Å². The van der Waals surface area contributed by atoms with Crippen LogP contribution in [0.3, 0.4) is 0 Å². The van der Waals surface area contributed by atoms with Crippen LogP contribution in [0, 0.1) is 0 Å². The highest BCUT2D eigenvalue weighted by molar-refractivity contribution is 9.10. The van der Waals surface area contributed by atoms with Crippen molar-refractivity contribution in [1.29, 1.82) is 0 Å². The average molecular weight is 339 g/mol. The molecule has 0 saturated heterocycles. The Morgan fingerprint density at radius 3 is 2.45 bits per heavy atom. The fourth-order valence-electron chi connectivity index (χ4n) is 2.74. The minimum absolute atomic E-state index is 1.15. The standard InChI is InChI=1S/C18H11BrS/c19-16-8-3-7-14-15(16)11-12-5-1-2-6-13(12)18(14)17-9-4-10-20-17/h1-11H. The fraction of sp³-hybridized carbons (Fsp3) is 0. The number of hydrogen-bond acceptors (Lipinski definition) is 1. The highest BCUT2D eigenvalue weighted by Crippen LogP contribution is 2.40. The van der Waals surface area contributed by atoms with Gasteiger partial charge in [-0.3, -0.25) is 0 Å². The zero-order valence-corrected chi connectivity index (χ0v) is 13.0. The van der Waals surface area contributed by atoms with Crippen LogP contribution in [0.25, 0.3) is 32.0 Å². The van der Waals surface area contributed by atoms with Gasteiger partial charge in [0.1, 0.15) is 0 Å². The van der Waals surface area contributed by atoms with Crippen LogP contribution in [0.1, 0.15) is 0 Å². The molecule has 0 radical (unpaired) electrons. The number of hydrogen-bond donors (Lipinski definition) is 0. The topological polar surface area (TPSA) is 0 Å². The first kappa shape index (κ1) is 12.1. The van der Waals surface area contributed by atoms with Gasteiger partial charge in [-0.1, -0.05) is 58.4 Å². The molecule has 0 atom stereocenters. The van der Waals surface area contributed by atoms with Gasteiger partial charge in [-0.15, -0.1) is 11.3 Å². The Bertz CT molecular complexity index is 907. The minimum Gasteiger partial charge on any atom is -0.144 e. The molecule has 1 aromatic heterocycles. The van der Waals surface area contributed by atoms with Crippen LogP contribution in [0.15, 0.2) is 70.5 Å². The molecule has 20 heavy (non-hydrogen) atoms. The van der Waals surface area contributed by atoms with E-state index in [9.17, 15) is 0 Å². The molecular formula is C18H11BrS. The molecule has 4 rings (SSSR count). The lowest BCUT2D eigenvalue weighted by atomic mass is 9.96. The third-order valence-corrected chi connectivity index (χ3v) is 5.20. The van der Waals surface area contributed by atoms with Gasteiger partial charge in [0.2, 0.25) is 0 Å². The lowest BCUT2D eigenvalue weighted by Gasteiger charge is -2.11. The summed E-state index contributed by atoms with van der Waals surface area (Å²) in [5.74, 6) is 0. The maximum Gasteiger partial charge on any atom is 0.0355 e. The van der Waals surface area contributed by atoms with Crippen LogP contribution in [-0.4, -0.2) is 0 Å². The molecule has 0 aliphatic carbocycles. The first-order chi connectivity index (χ1) is 9.84. The molecule has 0 spiro atoms. The lowest BCUT2D eigenvalue weighted by Crippen LogP contribution is -1.84. The molecule has 3 aromatic carbocycles. The van der Waals surface area contributed by atoms with Crippen molar-refractivity contribution >= 4 is 48.8 Å². The summed E-state index contributed by atoms with van der Waals surface area (Å²) in [6, 6.07) is 21.6. The number of fused-ring (bicyclic) bond motifs is 2. The maximum absolute atomic E-state index is 3.68. The van der Waals surface area contributed by atoms with Gasteiger partial charge < -0.3 is 0 Å². The Labute approximate surface area is 129 Å². The van der Waals surface area contributed by atoms with Gasteiger partial charge in [-0.25, -0.2) is 0 Å². The van der Waals surface area contributed by atoms with E-state index in [1.807, 2.05) is 0 Å². The highest BCUT2D eigenvalue weighted by atomic mass is 79.9.